The van der Waals surface area contributed by atoms with Crippen LogP contribution in [0.15, 0.2) is 18.2 Å². The molecule has 0 spiro atoms. The van der Waals surface area contributed by atoms with Gasteiger partial charge in [-0.1, -0.05) is 0 Å². The van der Waals surface area contributed by atoms with Crippen molar-refractivity contribution < 1.29 is 9.47 Å². The van der Waals surface area contributed by atoms with Gasteiger partial charge in [0.2, 0.25) is 0 Å². The van der Waals surface area contributed by atoms with Gasteiger partial charge in [-0.15, -0.1) is 0 Å². The third-order valence-corrected chi connectivity index (χ3v) is 3.13. The fourth-order valence-electron chi connectivity index (χ4n) is 2.57. The van der Waals surface area contributed by atoms with E-state index in [9.17, 15) is 0 Å². The van der Waals surface area contributed by atoms with Crippen molar-refractivity contribution in [3.05, 3.63) is 23.8 Å². The molecule has 18 heavy (non-hydrogen) atoms. The first kappa shape index (κ1) is 13.2. The summed E-state index contributed by atoms with van der Waals surface area (Å²) >= 11 is 0. The van der Waals surface area contributed by atoms with E-state index in [0.717, 1.165) is 31.1 Å². The van der Waals surface area contributed by atoms with Gasteiger partial charge < -0.3 is 15.2 Å². The van der Waals surface area contributed by atoms with Crippen molar-refractivity contribution in [2.24, 2.45) is 0 Å². The average Bonchev–Trinajstić information content (AvgIpc) is 2.26. The van der Waals surface area contributed by atoms with Crippen LogP contribution in [0.5, 0.6) is 5.75 Å². The highest BCUT2D eigenvalue weighted by Gasteiger charge is 2.22. The molecule has 0 saturated carbocycles. The van der Waals surface area contributed by atoms with Crippen LogP contribution in [0.25, 0.3) is 0 Å². The van der Waals surface area contributed by atoms with Gasteiger partial charge in [0.05, 0.1) is 19.3 Å². The minimum Gasteiger partial charge on any atom is -0.497 e. The second-order valence-corrected chi connectivity index (χ2v) is 5.07. The minimum atomic E-state index is 0.289. The van der Waals surface area contributed by atoms with Crippen molar-refractivity contribution in [3.8, 4) is 5.75 Å². The molecule has 4 nitrogen and oxygen atoms in total. The third-order valence-electron chi connectivity index (χ3n) is 3.13. The Hall–Kier alpha value is -1.26. The molecule has 0 radical (unpaired) electrons. The zero-order valence-corrected chi connectivity index (χ0v) is 11.3. The Balaban J connectivity index is 2.06. The van der Waals surface area contributed by atoms with Crippen LogP contribution in [-0.2, 0) is 11.3 Å². The van der Waals surface area contributed by atoms with Gasteiger partial charge >= 0.3 is 0 Å². The Morgan fingerprint density at radius 3 is 2.56 bits per heavy atom. The number of benzene rings is 1. The normalized spacial score (nSPS) is 25.1. The molecule has 2 rings (SSSR count). The van der Waals surface area contributed by atoms with Crippen LogP contribution in [0.2, 0.25) is 0 Å². The number of ether oxygens (including phenoxy) is 2. The number of anilines is 1. The van der Waals surface area contributed by atoms with Gasteiger partial charge in [-0.3, -0.25) is 4.90 Å². The molecule has 0 aromatic heterocycles. The smallest absolute Gasteiger partial charge is 0.121 e. The molecule has 0 aliphatic carbocycles. The zero-order valence-electron chi connectivity index (χ0n) is 11.3. The summed E-state index contributed by atoms with van der Waals surface area (Å²) in [4.78, 5) is 2.40. The SMILES string of the molecule is COc1cc(N)cc(CN2C[C@@H](C)O[C@@H](C)C2)c1. The number of methoxy groups -OCH3 is 1. The number of hydrogen-bond acceptors (Lipinski definition) is 4. The lowest BCUT2D eigenvalue weighted by Gasteiger charge is -2.35. The summed E-state index contributed by atoms with van der Waals surface area (Å²) in [5.74, 6) is 0.819. The summed E-state index contributed by atoms with van der Waals surface area (Å²) < 4.78 is 11.0. The molecule has 2 atom stereocenters. The Morgan fingerprint density at radius 1 is 1.28 bits per heavy atom. The molecular formula is C14H22N2O2. The van der Waals surface area contributed by atoms with E-state index in [1.54, 1.807) is 7.11 Å². The Labute approximate surface area is 109 Å². The molecule has 0 amide bonds. The van der Waals surface area contributed by atoms with E-state index >= 15 is 0 Å². The van der Waals surface area contributed by atoms with Crippen molar-refractivity contribution >= 4 is 5.69 Å². The van der Waals surface area contributed by atoms with E-state index in [1.165, 1.54) is 5.56 Å². The summed E-state index contributed by atoms with van der Waals surface area (Å²) in [6.07, 6.45) is 0.577. The van der Waals surface area contributed by atoms with Gasteiger partial charge in [0, 0.05) is 31.4 Å². The highest BCUT2D eigenvalue weighted by molar-refractivity contribution is 5.47. The predicted octanol–water partition coefficient (Wildman–Crippen LogP) is 1.89. The number of rotatable bonds is 3. The maximum atomic E-state index is 5.87. The Kier molecular flexibility index (Phi) is 4.09. The van der Waals surface area contributed by atoms with Crippen LogP contribution >= 0.6 is 0 Å². The number of morpholine rings is 1. The predicted molar refractivity (Wildman–Crippen MR) is 72.7 cm³/mol. The monoisotopic (exact) mass is 250 g/mol. The van der Waals surface area contributed by atoms with Crippen molar-refractivity contribution in [2.45, 2.75) is 32.6 Å². The van der Waals surface area contributed by atoms with E-state index < -0.39 is 0 Å². The largest absolute Gasteiger partial charge is 0.497 e. The van der Waals surface area contributed by atoms with Crippen LogP contribution < -0.4 is 10.5 Å². The van der Waals surface area contributed by atoms with Gasteiger partial charge in [-0.05, 0) is 31.5 Å². The lowest BCUT2D eigenvalue weighted by atomic mass is 10.1. The van der Waals surface area contributed by atoms with E-state index in [-0.39, 0.29) is 12.2 Å². The molecule has 1 fully saturated rings. The van der Waals surface area contributed by atoms with Crippen LogP contribution in [0.1, 0.15) is 19.4 Å². The Bertz CT molecular complexity index is 399. The quantitative estimate of drug-likeness (QED) is 0.832. The van der Waals surface area contributed by atoms with Gasteiger partial charge in [0.25, 0.3) is 0 Å². The average molecular weight is 250 g/mol. The van der Waals surface area contributed by atoms with Crippen molar-refractivity contribution in [1.82, 2.24) is 4.90 Å². The van der Waals surface area contributed by atoms with Gasteiger partial charge in [-0.2, -0.15) is 0 Å². The molecule has 100 valence electrons. The van der Waals surface area contributed by atoms with Crippen LogP contribution in [0.3, 0.4) is 0 Å². The summed E-state index contributed by atoms with van der Waals surface area (Å²) in [6.45, 7) is 7.04. The van der Waals surface area contributed by atoms with Gasteiger partial charge in [0.15, 0.2) is 0 Å². The van der Waals surface area contributed by atoms with E-state index in [4.69, 9.17) is 15.2 Å². The topological polar surface area (TPSA) is 47.7 Å². The highest BCUT2D eigenvalue weighted by atomic mass is 16.5. The summed E-state index contributed by atoms with van der Waals surface area (Å²) in [6, 6.07) is 5.89. The molecule has 1 aliphatic rings. The second kappa shape index (κ2) is 5.59. The number of nitrogen functional groups attached to an aromatic ring is 1. The molecule has 1 saturated heterocycles. The van der Waals surface area contributed by atoms with Crippen LogP contribution in [-0.4, -0.2) is 37.3 Å². The number of nitrogens with two attached hydrogens (primary N) is 1. The highest BCUT2D eigenvalue weighted by Crippen LogP contribution is 2.21. The molecule has 4 heteroatoms. The molecule has 2 N–H and O–H groups in total. The van der Waals surface area contributed by atoms with Gasteiger partial charge in [-0.25, -0.2) is 0 Å². The van der Waals surface area contributed by atoms with Crippen molar-refractivity contribution in [3.63, 3.8) is 0 Å². The molecular weight excluding hydrogens is 228 g/mol. The number of hydrogen-bond donors (Lipinski definition) is 1. The zero-order chi connectivity index (χ0) is 13.1. The molecule has 0 unspecified atom stereocenters. The van der Waals surface area contributed by atoms with E-state index in [1.807, 2.05) is 18.2 Å². The second-order valence-electron chi connectivity index (χ2n) is 5.07. The first-order chi connectivity index (χ1) is 8.56. The van der Waals surface area contributed by atoms with Gasteiger partial charge in [0.1, 0.15) is 5.75 Å². The van der Waals surface area contributed by atoms with Crippen molar-refractivity contribution in [2.75, 3.05) is 25.9 Å². The Morgan fingerprint density at radius 2 is 1.94 bits per heavy atom. The maximum absolute atomic E-state index is 5.87. The first-order valence-corrected chi connectivity index (χ1v) is 6.38. The molecule has 1 aromatic carbocycles. The maximum Gasteiger partial charge on any atom is 0.121 e. The number of nitrogens with zero attached hydrogens (tertiary/aromatic N) is 1. The summed E-state index contributed by atoms with van der Waals surface area (Å²) in [5, 5.41) is 0. The van der Waals surface area contributed by atoms with E-state index in [2.05, 4.69) is 18.7 Å². The molecule has 1 aliphatic heterocycles. The molecule has 0 bridgehead atoms. The fourth-order valence-corrected chi connectivity index (χ4v) is 2.57. The summed E-state index contributed by atoms with van der Waals surface area (Å²) in [5.41, 5.74) is 7.81. The van der Waals surface area contributed by atoms with Crippen LogP contribution in [0.4, 0.5) is 5.69 Å². The molecule has 1 aromatic rings. The fraction of sp³-hybridized carbons (Fsp3) is 0.571. The lowest BCUT2D eigenvalue weighted by Crippen LogP contribution is -2.44. The van der Waals surface area contributed by atoms with Crippen molar-refractivity contribution in [1.29, 1.82) is 0 Å². The van der Waals surface area contributed by atoms with Crippen LogP contribution in [0, 0.1) is 0 Å². The standard InChI is InChI=1S/C14H22N2O2/c1-10-7-16(8-11(2)18-10)9-12-4-13(15)6-14(5-12)17-3/h4-6,10-11H,7-9,15H2,1-3H3/t10-,11+. The first-order valence-electron chi connectivity index (χ1n) is 6.38. The van der Waals surface area contributed by atoms with E-state index in [0.29, 0.717) is 0 Å². The lowest BCUT2D eigenvalue weighted by molar-refractivity contribution is -0.0704. The molecule has 1 heterocycles. The third kappa shape index (κ3) is 3.37. The minimum absolute atomic E-state index is 0.289. The summed E-state index contributed by atoms with van der Waals surface area (Å²) in [7, 11) is 1.66.